The lowest BCUT2D eigenvalue weighted by Gasteiger charge is -2.22. The number of oxazole rings is 1. The summed E-state index contributed by atoms with van der Waals surface area (Å²) >= 11 is 6.16. The molecule has 0 fully saturated rings. The molecule has 146 valence electrons. The van der Waals surface area contributed by atoms with E-state index >= 15 is 0 Å². The Hall–Kier alpha value is -2.34. The van der Waals surface area contributed by atoms with Gasteiger partial charge in [0.25, 0.3) is 0 Å². The molecule has 2 atom stereocenters. The Balaban J connectivity index is 1.95. The standard InChI is InChI=1S/C20H25ClN2O4/c1-4-13(3)19(20(25)26-5-2)23-17(24)10-11-18-22-12-16(27-18)14-8-6-7-9-15(14)21/h6-9,12-13,19H,4-5,10-11H2,1-3H3,(H,23,24). The fraction of sp³-hybridized carbons (Fsp3) is 0.450. The number of aromatic nitrogens is 1. The fourth-order valence-corrected chi connectivity index (χ4v) is 2.81. The zero-order chi connectivity index (χ0) is 19.8. The number of aryl methyl sites for hydroxylation is 1. The SMILES string of the molecule is CCOC(=O)C(NC(=O)CCc1ncc(-c2ccccc2Cl)o1)C(C)CC. The van der Waals surface area contributed by atoms with Gasteiger partial charge in [0.05, 0.1) is 17.8 Å². The molecule has 1 N–H and O–H groups in total. The minimum absolute atomic E-state index is 0.0124. The highest BCUT2D eigenvalue weighted by Crippen LogP contribution is 2.28. The lowest BCUT2D eigenvalue weighted by molar-refractivity contribution is -0.149. The third kappa shape index (κ3) is 5.82. The molecule has 2 aromatic rings. The third-order valence-electron chi connectivity index (χ3n) is 4.33. The molecule has 2 unspecified atom stereocenters. The molecule has 0 spiro atoms. The van der Waals surface area contributed by atoms with Crippen LogP contribution in [0.5, 0.6) is 0 Å². The Morgan fingerprint density at radius 3 is 2.70 bits per heavy atom. The molecule has 0 aliphatic rings. The van der Waals surface area contributed by atoms with Crippen LogP contribution >= 0.6 is 11.6 Å². The summed E-state index contributed by atoms with van der Waals surface area (Å²) in [5, 5.41) is 3.34. The van der Waals surface area contributed by atoms with Crippen molar-refractivity contribution in [2.24, 2.45) is 5.92 Å². The van der Waals surface area contributed by atoms with Crippen LogP contribution in [-0.4, -0.2) is 29.5 Å². The van der Waals surface area contributed by atoms with Crippen LogP contribution in [0.25, 0.3) is 11.3 Å². The number of nitrogens with one attached hydrogen (secondary N) is 1. The van der Waals surface area contributed by atoms with E-state index in [9.17, 15) is 9.59 Å². The lowest BCUT2D eigenvalue weighted by Crippen LogP contribution is -2.46. The van der Waals surface area contributed by atoms with Gasteiger partial charge in [0, 0.05) is 18.4 Å². The number of hydrogen-bond donors (Lipinski definition) is 1. The number of carbonyl (C=O) groups is 2. The highest BCUT2D eigenvalue weighted by molar-refractivity contribution is 6.33. The van der Waals surface area contributed by atoms with Gasteiger partial charge in [0.1, 0.15) is 6.04 Å². The van der Waals surface area contributed by atoms with Gasteiger partial charge in [-0.25, -0.2) is 9.78 Å². The molecule has 27 heavy (non-hydrogen) atoms. The predicted octanol–water partition coefficient (Wildman–Crippen LogP) is 4.02. The predicted molar refractivity (Wildman–Crippen MR) is 103 cm³/mol. The first-order chi connectivity index (χ1) is 13.0. The van der Waals surface area contributed by atoms with Gasteiger partial charge in [-0.15, -0.1) is 0 Å². The summed E-state index contributed by atoms with van der Waals surface area (Å²) < 4.78 is 10.8. The molecule has 2 rings (SSSR count). The average Bonchev–Trinajstić information content (AvgIpc) is 3.13. The number of benzene rings is 1. The van der Waals surface area contributed by atoms with E-state index < -0.39 is 12.0 Å². The zero-order valence-electron chi connectivity index (χ0n) is 15.8. The lowest BCUT2D eigenvalue weighted by atomic mass is 9.99. The molecule has 0 saturated carbocycles. The van der Waals surface area contributed by atoms with Gasteiger partial charge in [0.15, 0.2) is 11.7 Å². The van der Waals surface area contributed by atoms with Crippen LogP contribution in [-0.2, 0) is 20.7 Å². The second-order valence-electron chi connectivity index (χ2n) is 6.28. The summed E-state index contributed by atoms with van der Waals surface area (Å²) in [5.41, 5.74) is 0.751. The summed E-state index contributed by atoms with van der Waals surface area (Å²) in [6.07, 6.45) is 2.83. The normalized spacial score (nSPS) is 13.0. The summed E-state index contributed by atoms with van der Waals surface area (Å²) in [5.74, 6) is 0.334. The van der Waals surface area contributed by atoms with E-state index in [0.717, 1.165) is 12.0 Å². The van der Waals surface area contributed by atoms with Crippen molar-refractivity contribution in [2.75, 3.05) is 6.61 Å². The molecule has 0 aliphatic carbocycles. The topological polar surface area (TPSA) is 81.4 Å². The van der Waals surface area contributed by atoms with Crippen LogP contribution < -0.4 is 5.32 Å². The Labute approximate surface area is 164 Å². The molecular formula is C20H25ClN2O4. The van der Waals surface area contributed by atoms with E-state index in [2.05, 4.69) is 10.3 Å². The molecule has 7 heteroatoms. The first-order valence-electron chi connectivity index (χ1n) is 9.11. The Morgan fingerprint density at radius 2 is 2.04 bits per heavy atom. The number of amides is 1. The van der Waals surface area contributed by atoms with Crippen LogP contribution in [0.15, 0.2) is 34.9 Å². The first kappa shape index (κ1) is 21.0. The Kier molecular flexibility index (Phi) is 7.85. The maximum atomic E-state index is 12.3. The summed E-state index contributed by atoms with van der Waals surface area (Å²) in [6.45, 7) is 5.90. The quantitative estimate of drug-likeness (QED) is 0.652. The summed E-state index contributed by atoms with van der Waals surface area (Å²) in [7, 11) is 0. The highest BCUT2D eigenvalue weighted by atomic mass is 35.5. The van der Waals surface area contributed by atoms with E-state index in [-0.39, 0.29) is 24.9 Å². The molecule has 1 heterocycles. The van der Waals surface area contributed by atoms with Crippen molar-refractivity contribution in [3.8, 4) is 11.3 Å². The average molecular weight is 393 g/mol. The Bertz CT molecular complexity index is 775. The monoisotopic (exact) mass is 392 g/mol. The molecule has 0 aliphatic heterocycles. The van der Waals surface area contributed by atoms with Gasteiger partial charge in [-0.3, -0.25) is 4.79 Å². The summed E-state index contributed by atoms with van der Waals surface area (Å²) in [6, 6.07) is 6.67. The van der Waals surface area contributed by atoms with Crippen molar-refractivity contribution in [1.29, 1.82) is 0 Å². The molecule has 1 aromatic carbocycles. The molecule has 1 aromatic heterocycles. The number of esters is 1. The number of hydrogen-bond acceptors (Lipinski definition) is 5. The van der Waals surface area contributed by atoms with Crippen LogP contribution in [0.3, 0.4) is 0 Å². The van der Waals surface area contributed by atoms with E-state index in [0.29, 0.717) is 23.1 Å². The number of halogens is 1. The smallest absolute Gasteiger partial charge is 0.328 e. The van der Waals surface area contributed by atoms with Crippen LogP contribution in [0.4, 0.5) is 0 Å². The minimum Gasteiger partial charge on any atom is -0.464 e. The number of rotatable bonds is 9. The summed E-state index contributed by atoms with van der Waals surface area (Å²) in [4.78, 5) is 28.5. The van der Waals surface area contributed by atoms with Crippen molar-refractivity contribution >= 4 is 23.5 Å². The molecule has 1 amide bonds. The Morgan fingerprint density at radius 1 is 1.30 bits per heavy atom. The van der Waals surface area contributed by atoms with Gasteiger partial charge in [-0.1, -0.05) is 44.0 Å². The molecular weight excluding hydrogens is 368 g/mol. The van der Waals surface area contributed by atoms with Crippen molar-refractivity contribution in [1.82, 2.24) is 10.3 Å². The molecule has 0 saturated heterocycles. The van der Waals surface area contributed by atoms with E-state index in [1.807, 2.05) is 32.0 Å². The maximum Gasteiger partial charge on any atom is 0.328 e. The zero-order valence-corrected chi connectivity index (χ0v) is 16.6. The second kappa shape index (κ2) is 10.1. The van der Waals surface area contributed by atoms with Gasteiger partial charge < -0.3 is 14.5 Å². The van der Waals surface area contributed by atoms with Crippen molar-refractivity contribution in [3.63, 3.8) is 0 Å². The first-order valence-corrected chi connectivity index (χ1v) is 9.49. The van der Waals surface area contributed by atoms with Crippen molar-refractivity contribution in [2.45, 2.75) is 46.1 Å². The second-order valence-corrected chi connectivity index (χ2v) is 6.69. The van der Waals surface area contributed by atoms with Gasteiger partial charge >= 0.3 is 5.97 Å². The van der Waals surface area contributed by atoms with Crippen molar-refractivity contribution in [3.05, 3.63) is 41.4 Å². The van der Waals surface area contributed by atoms with Gasteiger partial charge in [-0.05, 0) is 25.0 Å². The van der Waals surface area contributed by atoms with Crippen LogP contribution in [0.1, 0.15) is 39.5 Å². The fourth-order valence-electron chi connectivity index (χ4n) is 2.58. The van der Waals surface area contributed by atoms with Crippen LogP contribution in [0, 0.1) is 5.92 Å². The largest absolute Gasteiger partial charge is 0.464 e. The van der Waals surface area contributed by atoms with Crippen molar-refractivity contribution < 1.29 is 18.7 Å². The van der Waals surface area contributed by atoms with Gasteiger partial charge in [0.2, 0.25) is 5.91 Å². The van der Waals surface area contributed by atoms with E-state index in [1.54, 1.807) is 19.2 Å². The van der Waals surface area contributed by atoms with E-state index in [1.165, 1.54) is 0 Å². The number of ether oxygens (including phenoxy) is 1. The molecule has 0 radical (unpaired) electrons. The third-order valence-corrected chi connectivity index (χ3v) is 4.66. The maximum absolute atomic E-state index is 12.3. The van der Waals surface area contributed by atoms with Crippen LogP contribution in [0.2, 0.25) is 5.02 Å². The number of nitrogens with zero attached hydrogens (tertiary/aromatic N) is 1. The molecule has 0 bridgehead atoms. The van der Waals surface area contributed by atoms with Gasteiger partial charge in [-0.2, -0.15) is 0 Å². The number of carbonyl (C=O) groups excluding carboxylic acids is 2. The van der Waals surface area contributed by atoms with E-state index in [4.69, 9.17) is 20.8 Å². The highest BCUT2D eigenvalue weighted by Gasteiger charge is 2.27. The minimum atomic E-state index is -0.648. The molecule has 6 nitrogen and oxygen atoms in total.